The number of hydrogen-bond donors (Lipinski definition) is 4. The third-order valence-electron chi connectivity index (χ3n) is 2.69. The van der Waals surface area contributed by atoms with E-state index in [1.165, 1.54) is 11.3 Å². The monoisotopic (exact) mass is 250 g/mol. The highest BCUT2D eigenvalue weighted by Gasteiger charge is 2.34. The predicted octanol–water partition coefficient (Wildman–Crippen LogP) is -0.00950. The van der Waals surface area contributed by atoms with Gasteiger partial charge in [-0.25, -0.2) is 10.2 Å². The van der Waals surface area contributed by atoms with Gasteiger partial charge in [0.2, 0.25) is 0 Å². The van der Waals surface area contributed by atoms with Gasteiger partial charge in [0.1, 0.15) is 0 Å². The fourth-order valence-electron chi connectivity index (χ4n) is 1.97. The van der Waals surface area contributed by atoms with Crippen molar-refractivity contribution in [3.63, 3.8) is 0 Å². The van der Waals surface area contributed by atoms with Crippen molar-refractivity contribution in [3.8, 4) is 0 Å². The molecule has 0 radical (unpaired) electrons. The van der Waals surface area contributed by atoms with Gasteiger partial charge in [-0.05, 0) is 11.4 Å². The van der Waals surface area contributed by atoms with Crippen molar-refractivity contribution in [2.45, 2.75) is 6.04 Å². The van der Waals surface area contributed by atoms with Gasteiger partial charge >= 0.3 is 6.03 Å². The minimum atomic E-state index is -0.360. The van der Waals surface area contributed by atoms with Gasteiger partial charge in [0.15, 0.2) is 0 Å². The molecule has 0 unspecified atom stereocenters. The lowest BCUT2D eigenvalue weighted by Gasteiger charge is -2.31. The molecule has 2 aliphatic heterocycles. The number of carbonyl (C=O) groups is 2. The summed E-state index contributed by atoms with van der Waals surface area (Å²) >= 11 is 1.51. The molecule has 17 heavy (non-hydrogen) atoms. The maximum atomic E-state index is 11.8. The van der Waals surface area contributed by atoms with E-state index in [1.807, 2.05) is 17.5 Å². The van der Waals surface area contributed by atoms with Crippen LogP contribution in [0.5, 0.6) is 0 Å². The SMILES string of the molecule is O=C1NC2=C(C(=O)NNC2)[C@@H](c2cccs2)N1. The first kappa shape index (κ1) is 10.3. The maximum Gasteiger partial charge on any atom is 0.319 e. The van der Waals surface area contributed by atoms with E-state index in [2.05, 4.69) is 21.5 Å². The van der Waals surface area contributed by atoms with Gasteiger partial charge < -0.3 is 10.6 Å². The molecule has 0 saturated carbocycles. The number of nitrogens with one attached hydrogen (secondary N) is 4. The second-order valence-corrected chi connectivity index (χ2v) is 4.73. The quantitative estimate of drug-likeness (QED) is 0.566. The lowest BCUT2D eigenvalue weighted by Crippen LogP contribution is -2.55. The van der Waals surface area contributed by atoms with E-state index in [1.54, 1.807) is 0 Å². The van der Waals surface area contributed by atoms with E-state index in [9.17, 15) is 9.59 Å². The van der Waals surface area contributed by atoms with E-state index in [0.29, 0.717) is 17.8 Å². The number of urea groups is 1. The minimum absolute atomic E-state index is 0.211. The van der Waals surface area contributed by atoms with E-state index < -0.39 is 0 Å². The van der Waals surface area contributed by atoms with Gasteiger partial charge in [-0.2, -0.15) is 0 Å². The average Bonchev–Trinajstić information content (AvgIpc) is 2.81. The summed E-state index contributed by atoms with van der Waals surface area (Å²) in [5.74, 6) is -0.211. The molecule has 0 spiro atoms. The van der Waals surface area contributed by atoms with Gasteiger partial charge in [-0.3, -0.25) is 10.2 Å². The highest BCUT2D eigenvalue weighted by molar-refractivity contribution is 7.10. The number of carbonyl (C=O) groups excluding carboxylic acids is 2. The standard InChI is InChI=1S/C10H10N4O2S/c15-9-7-5(4-11-14-9)12-10(16)13-8(7)6-2-1-3-17-6/h1-3,8,11H,4H2,(H,14,15)(H2,12,13,16)/t8-/m1/s1. The molecule has 6 nitrogen and oxygen atoms in total. The van der Waals surface area contributed by atoms with Crippen molar-refractivity contribution in [3.05, 3.63) is 33.7 Å². The van der Waals surface area contributed by atoms with E-state index in [-0.39, 0.29) is 18.0 Å². The Morgan fingerprint density at radius 3 is 3.00 bits per heavy atom. The van der Waals surface area contributed by atoms with Crippen LogP contribution in [0, 0.1) is 0 Å². The summed E-state index contributed by atoms with van der Waals surface area (Å²) in [6.07, 6.45) is 0. The molecule has 2 aliphatic rings. The lowest BCUT2D eigenvalue weighted by atomic mass is 9.99. The second-order valence-electron chi connectivity index (χ2n) is 3.75. The molecule has 0 bridgehead atoms. The van der Waals surface area contributed by atoms with Crippen LogP contribution in [-0.4, -0.2) is 18.5 Å². The Kier molecular flexibility index (Phi) is 2.34. The molecule has 0 aromatic carbocycles. The maximum absolute atomic E-state index is 11.8. The number of rotatable bonds is 1. The Labute approximate surface area is 101 Å². The summed E-state index contributed by atoms with van der Waals surface area (Å²) in [6.45, 7) is 0.427. The minimum Gasteiger partial charge on any atom is -0.326 e. The second kappa shape index (κ2) is 3.86. The topological polar surface area (TPSA) is 82.3 Å². The largest absolute Gasteiger partial charge is 0.326 e. The lowest BCUT2D eigenvalue weighted by molar-refractivity contribution is -0.119. The first-order chi connectivity index (χ1) is 8.25. The highest BCUT2D eigenvalue weighted by atomic mass is 32.1. The Morgan fingerprint density at radius 1 is 1.35 bits per heavy atom. The Bertz CT molecular complexity index is 508. The third-order valence-corrected chi connectivity index (χ3v) is 3.63. The van der Waals surface area contributed by atoms with Crippen LogP contribution in [0.4, 0.5) is 4.79 Å². The summed E-state index contributed by atoms with van der Waals surface area (Å²) in [4.78, 5) is 24.3. The van der Waals surface area contributed by atoms with E-state index in [4.69, 9.17) is 0 Å². The summed E-state index contributed by atoms with van der Waals surface area (Å²) in [7, 11) is 0. The van der Waals surface area contributed by atoms with Crippen LogP contribution in [-0.2, 0) is 4.79 Å². The van der Waals surface area contributed by atoms with Crippen LogP contribution in [0.25, 0.3) is 0 Å². The first-order valence-electron chi connectivity index (χ1n) is 5.13. The Balaban J connectivity index is 2.07. The molecule has 7 heteroatoms. The van der Waals surface area contributed by atoms with Crippen LogP contribution in [0.15, 0.2) is 28.8 Å². The molecular formula is C10H10N4O2S. The van der Waals surface area contributed by atoms with Crippen molar-refractivity contribution in [2.75, 3.05) is 6.54 Å². The van der Waals surface area contributed by atoms with Crippen LogP contribution in [0.2, 0.25) is 0 Å². The molecule has 3 amide bonds. The fourth-order valence-corrected chi connectivity index (χ4v) is 2.76. The third kappa shape index (κ3) is 1.69. The predicted molar refractivity (Wildman–Crippen MR) is 61.9 cm³/mol. The fraction of sp³-hybridized carbons (Fsp3) is 0.200. The summed E-state index contributed by atoms with van der Waals surface area (Å²) in [6, 6.07) is 3.16. The van der Waals surface area contributed by atoms with Crippen LogP contribution in [0.3, 0.4) is 0 Å². The van der Waals surface area contributed by atoms with Gasteiger partial charge in [0.25, 0.3) is 5.91 Å². The normalized spacial score (nSPS) is 23.6. The first-order valence-corrected chi connectivity index (χ1v) is 6.01. The summed E-state index contributed by atoms with van der Waals surface area (Å²) in [5, 5.41) is 7.33. The van der Waals surface area contributed by atoms with Gasteiger partial charge in [0.05, 0.1) is 18.2 Å². The average molecular weight is 250 g/mol. The summed E-state index contributed by atoms with van der Waals surface area (Å²) < 4.78 is 0. The number of thiophene rings is 1. The molecule has 0 fully saturated rings. The van der Waals surface area contributed by atoms with Crippen LogP contribution < -0.4 is 21.5 Å². The molecule has 3 rings (SSSR count). The number of hydrazine groups is 1. The number of amides is 3. The van der Waals surface area contributed by atoms with Crippen molar-refractivity contribution in [1.82, 2.24) is 21.5 Å². The van der Waals surface area contributed by atoms with Crippen LogP contribution in [0.1, 0.15) is 10.9 Å². The Morgan fingerprint density at radius 2 is 2.24 bits per heavy atom. The van der Waals surface area contributed by atoms with Gasteiger partial charge in [-0.15, -0.1) is 11.3 Å². The summed E-state index contributed by atoms with van der Waals surface area (Å²) in [5.41, 5.74) is 6.49. The molecule has 3 heterocycles. The zero-order valence-corrected chi connectivity index (χ0v) is 9.56. The molecule has 0 aliphatic carbocycles. The van der Waals surface area contributed by atoms with Gasteiger partial charge in [-0.1, -0.05) is 6.07 Å². The molecule has 1 aromatic rings. The zero-order valence-electron chi connectivity index (χ0n) is 8.74. The molecule has 0 saturated heterocycles. The van der Waals surface area contributed by atoms with E-state index >= 15 is 0 Å². The zero-order chi connectivity index (χ0) is 11.8. The molecule has 88 valence electrons. The molecular weight excluding hydrogens is 240 g/mol. The van der Waals surface area contributed by atoms with Crippen molar-refractivity contribution >= 4 is 23.3 Å². The molecule has 1 atom stereocenters. The van der Waals surface area contributed by atoms with Crippen molar-refractivity contribution in [1.29, 1.82) is 0 Å². The van der Waals surface area contributed by atoms with E-state index in [0.717, 1.165) is 4.88 Å². The van der Waals surface area contributed by atoms with Crippen molar-refractivity contribution in [2.24, 2.45) is 0 Å². The van der Waals surface area contributed by atoms with Crippen LogP contribution >= 0.6 is 11.3 Å². The van der Waals surface area contributed by atoms with Crippen molar-refractivity contribution < 1.29 is 9.59 Å². The van der Waals surface area contributed by atoms with Gasteiger partial charge in [0, 0.05) is 10.6 Å². The highest BCUT2D eigenvalue weighted by Crippen LogP contribution is 2.30. The Hall–Kier alpha value is -1.86. The molecule has 4 N–H and O–H groups in total. The smallest absolute Gasteiger partial charge is 0.319 e. The molecule has 1 aromatic heterocycles. The number of hydrogen-bond acceptors (Lipinski definition) is 4.